The first-order valence-corrected chi connectivity index (χ1v) is 10.8. The average Bonchev–Trinajstić information content (AvgIpc) is 3.15. The molecule has 1 heterocycles. The van der Waals surface area contributed by atoms with E-state index in [1.54, 1.807) is 0 Å². The Bertz CT molecular complexity index is 365. The van der Waals surface area contributed by atoms with Crippen LogP contribution in [0.4, 0.5) is 0 Å². The van der Waals surface area contributed by atoms with E-state index in [1.165, 1.54) is 25.7 Å². The summed E-state index contributed by atoms with van der Waals surface area (Å²) < 4.78 is 25.5. The Morgan fingerprint density at radius 1 is 0.864 bits per heavy atom. The van der Waals surface area contributed by atoms with Gasteiger partial charge < -0.3 is 14.8 Å². The predicted octanol–water partition coefficient (Wildman–Crippen LogP) is 3.48. The molecule has 2 saturated carbocycles. The van der Waals surface area contributed by atoms with Crippen LogP contribution in [0.3, 0.4) is 0 Å². The highest BCUT2D eigenvalue weighted by Gasteiger charge is 2.36. The zero-order chi connectivity index (χ0) is 15.4. The summed E-state index contributed by atoms with van der Waals surface area (Å²) in [7, 11) is -3.02. The van der Waals surface area contributed by atoms with Crippen molar-refractivity contribution in [1.82, 2.24) is 4.90 Å². The van der Waals surface area contributed by atoms with Crippen molar-refractivity contribution >= 4 is 7.60 Å². The van der Waals surface area contributed by atoms with Gasteiger partial charge in [0.1, 0.15) is 6.29 Å². The molecular weight excluding hydrogens is 299 g/mol. The normalized spacial score (nSPS) is 27.0. The molecule has 0 spiro atoms. The SMILES string of the molecule is NC1CCN(CP(=O)(OC2CCCC2)OC2CCCC2)CC1. The van der Waals surface area contributed by atoms with E-state index in [0.29, 0.717) is 12.3 Å². The highest BCUT2D eigenvalue weighted by atomic mass is 31.2. The maximum Gasteiger partial charge on any atom is 0.345 e. The van der Waals surface area contributed by atoms with E-state index in [4.69, 9.17) is 14.8 Å². The van der Waals surface area contributed by atoms with Crippen molar-refractivity contribution < 1.29 is 13.6 Å². The molecule has 22 heavy (non-hydrogen) atoms. The van der Waals surface area contributed by atoms with Gasteiger partial charge >= 0.3 is 7.60 Å². The number of likely N-dealkylation sites (tertiary alicyclic amines) is 1. The van der Waals surface area contributed by atoms with E-state index in [9.17, 15) is 4.57 Å². The topological polar surface area (TPSA) is 64.8 Å². The summed E-state index contributed by atoms with van der Waals surface area (Å²) in [6.45, 7) is 1.82. The molecule has 1 saturated heterocycles. The van der Waals surface area contributed by atoms with E-state index in [0.717, 1.165) is 51.6 Å². The summed E-state index contributed by atoms with van der Waals surface area (Å²) in [5.41, 5.74) is 5.97. The lowest BCUT2D eigenvalue weighted by atomic mass is 10.1. The lowest BCUT2D eigenvalue weighted by Crippen LogP contribution is -2.40. The van der Waals surface area contributed by atoms with E-state index in [-0.39, 0.29) is 12.2 Å². The van der Waals surface area contributed by atoms with Crippen LogP contribution in [0, 0.1) is 0 Å². The van der Waals surface area contributed by atoms with E-state index in [2.05, 4.69) is 4.90 Å². The Balaban J connectivity index is 1.60. The van der Waals surface area contributed by atoms with Crippen LogP contribution in [0.5, 0.6) is 0 Å². The maximum atomic E-state index is 13.4. The van der Waals surface area contributed by atoms with Gasteiger partial charge in [-0.3, -0.25) is 9.46 Å². The first-order chi connectivity index (χ1) is 10.6. The van der Waals surface area contributed by atoms with Crippen LogP contribution in [0.2, 0.25) is 0 Å². The second-order valence-electron chi connectivity index (χ2n) is 7.23. The van der Waals surface area contributed by atoms with Crippen LogP contribution in [0.25, 0.3) is 0 Å². The molecule has 128 valence electrons. The molecule has 0 amide bonds. The first-order valence-electron chi connectivity index (χ1n) is 9.07. The minimum Gasteiger partial charge on any atom is -0.328 e. The molecule has 5 nitrogen and oxygen atoms in total. The molecular formula is C16H31N2O3P. The molecule has 0 aromatic carbocycles. The Kier molecular flexibility index (Phi) is 5.97. The van der Waals surface area contributed by atoms with Crippen molar-refractivity contribution in [3.8, 4) is 0 Å². The first kappa shape index (κ1) is 16.9. The number of rotatable bonds is 6. The Morgan fingerprint density at radius 2 is 1.32 bits per heavy atom. The lowest BCUT2D eigenvalue weighted by Gasteiger charge is -2.34. The second kappa shape index (κ2) is 7.76. The highest BCUT2D eigenvalue weighted by Crippen LogP contribution is 2.54. The summed E-state index contributed by atoms with van der Waals surface area (Å²) in [6, 6.07) is 0.294. The molecule has 0 radical (unpaired) electrons. The predicted molar refractivity (Wildman–Crippen MR) is 87.9 cm³/mol. The van der Waals surface area contributed by atoms with Crippen LogP contribution in [0.15, 0.2) is 0 Å². The number of nitrogens with two attached hydrogens (primary N) is 1. The largest absolute Gasteiger partial charge is 0.345 e. The van der Waals surface area contributed by atoms with Crippen molar-refractivity contribution in [3.05, 3.63) is 0 Å². The minimum atomic E-state index is -3.02. The molecule has 0 unspecified atom stereocenters. The molecule has 3 aliphatic rings. The van der Waals surface area contributed by atoms with Gasteiger partial charge in [0, 0.05) is 19.1 Å². The van der Waals surface area contributed by atoms with Crippen LogP contribution in [-0.4, -0.2) is 42.5 Å². The van der Waals surface area contributed by atoms with Crippen molar-refractivity contribution in [2.24, 2.45) is 5.73 Å². The molecule has 2 aliphatic carbocycles. The Morgan fingerprint density at radius 3 is 1.77 bits per heavy atom. The fourth-order valence-corrected chi connectivity index (χ4v) is 6.16. The highest BCUT2D eigenvalue weighted by molar-refractivity contribution is 7.53. The summed E-state index contributed by atoms with van der Waals surface area (Å²) >= 11 is 0. The van der Waals surface area contributed by atoms with Gasteiger partial charge in [-0.2, -0.15) is 0 Å². The van der Waals surface area contributed by atoms with Crippen LogP contribution in [-0.2, 0) is 13.6 Å². The summed E-state index contributed by atoms with van der Waals surface area (Å²) in [6.07, 6.45) is 11.6. The molecule has 2 N–H and O–H groups in total. The summed E-state index contributed by atoms with van der Waals surface area (Å²) in [4.78, 5) is 2.23. The van der Waals surface area contributed by atoms with E-state index < -0.39 is 7.60 Å². The zero-order valence-electron chi connectivity index (χ0n) is 13.6. The molecule has 3 fully saturated rings. The third-order valence-electron chi connectivity index (χ3n) is 5.23. The van der Waals surface area contributed by atoms with E-state index in [1.807, 2.05) is 0 Å². The fourth-order valence-electron chi connectivity index (χ4n) is 3.87. The molecule has 1 aliphatic heterocycles. The molecule has 0 atom stereocenters. The zero-order valence-corrected chi connectivity index (χ0v) is 14.5. The molecule has 0 aromatic rings. The van der Waals surface area contributed by atoms with Gasteiger partial charge in [0.15, 0.2) is 0 Å². The molecule has 3 rings (SSSR count). The van der Waals surface area contributed by atoms with Crippen LogP contribution < -0.4 is 5.73 Å². The minimum absolute atomic E-state index is 0.138. The van der Waals surface area contributed by atoms with E-state index >= 15 is 0 Å². The van der Waals surface area contributed by atoms with Gasteiger partial charge in [0.05, 0.1) is 12.2 Å². The number of piperidine rings is 1. The van der Waals surface area contributed by atoms with Crippen molar-refractivity contribution in [2.75, 3.05) is 19.4 Å². The summed E-state index contributed by atoms with van der Waals surface area (Å²) in [5.74, 6) is 0. The maximum absolute atomic E-state index is 13.4. The Hall–Kier alpha value is 0.0700. The summed E-state index contributed by atoms with van der Waals surface area (Å²) in [5, 5.41) is 0. The van der Waals surface area contributed by atoms with Gasteiger partial charge in [-0.15, -0.1) is 0 Å². The third kappa shape index (κ3) is 4.78. The van der Waals surface area contributed by atoms with Gasteiger partial charge in [0.2, 0.25) is 0 Å². The number of hydrogen-bond donors (Lipinski definition) is 1. The quantitative estimate of drug-likeness (QED) is 0.755. The van der Waals surface area contributed by atoms with Crippen molar-refractivity contribution in [1.29, 1.82) is 0 Å². The third-order valence-corrected chi connectivity index (χ3v) is 7.21. The van der Waals surface area contributed by atoms with Gasteiger partial charge in [-0.25, -0.2) is 0 Å². The monoisotopic (exact) mass is 330 g/mol. The Labute approximate surface area is 134 Å². The van der Waals surface area contributed by atoms with Crippen molar-refractivity contribution in [2.45, 2.75) is 82.5 Å². The lowest BCUT2D eigenvalue weighted by molar-refractivity contribution is 0.104. The number of nitrogens with zero attached hydrogens (tertiary/aromatic N) is 1. The number of hydrogen-bond acceptors (Lipinski definition) is 5. The molecule has 6 heteroatoms. The van der Waals surface area contributed by atoms with Crippen LogP contribution >= 0.6 is 7.60 Å². The van der Waals surface area contributed by atoms with Gasteiger partial charge in [-0.05, 0) is 38.5 Å². The molecule has 0 aromatic heterocycles. The van der Waals surface area contributed by atoms with Gasteiger partial charge in [0.25, 0.3) is 0 Å². The van der Waals surface area contributed by atoms with Gasteiger partial charge in [-0.1, -0.05) is 25.7 Å². The van der Waals surface area contributed by atoms with Crippen molar-refractivity contribution in [3.63, 3.8) is 0 Å². The second-order valence-corrected chi connectivity index (χ2v) is 9.16. The fraction of sp³-hybridized carbons (Fsp3) is 1.00. The molecule has 0 bridgehead atoms. The average molecular weight is 330 g/mol. The smallest absolute Gasteiger partial charge is 0.328 e. The van der Waals surface area contributed by atoms with Crippen LogP contribution in [0.1, 0.15) is 64.2 Å². The standard InChI is InChI=1S/C16H31N2O3P/c17-14-9-11-18(12-10-14)13-22(19,20-15-5-1-2-6-15)21-16-7-3-4-8-16/h14-16H,1-13,17H2.